The smallest absolute Gasteiger partial charge is 0.411 e. The summed E-state index contributed by atoms with van der Waals surface area (Å²) >= 11 is 12.7. The summed E-state index contributed by atoms with van der Waals surface area (Å²) in [4.78, 5) is 40.0. The van der Waals surface area contributed by atoms with Crippen molar-refractivity contribution in [1.29, 1.82) is 0 Å². The summed E-state index contributed by atoms with van der Waals surface area (Å²) < 4.78 is 11.7. The Kier molecular flexibility index (Phi) is 12.5. The van der Waals surface area contributed by atoms with E-state index >= 15 is 0 Å². The number of hydrogen-bond donors (Lipinski definition) is 2. The van der Waals surface area contributed by atoms with E-state index in [2.05, 4.69) is 41.2 Å². The first-order valence-electron chi connectivity index (χ1n) is 17.6. The Balaban J connectivity index is 1.30. The predicted molar refractivity (Wildman–Crippen MR) is 199 cm³/mol. The van der Waals surface area contributed by atoms with Crippen LogP contribution in [0, 0.1) is 5.92 Å². The highest BCUT2D eigenvalue weighted by Crippen LogP contribution is 2.31. The van der Waals surface area contributed by atoms with Gasteiger partial charge in [0.1, 0.15) is 17.7 Å². The fourth-order valence-corrected chi connectivity index (χ4v) is 7.19. The molecule has 1 aromatic heterocycles. The van der Waals surface area contributed by atoms with Gasteiger partial charge in [0, 0.05) is 53.4 Å². The SMILES string of the molecule is CC(C)CN(Cc1ccc(-c2cnc(N)c(NCc3c(Cl)cccc3Cl)n2)cc1)C1CCN(C(=O)OC(C)(C)C)[C@@H](C(=O)OC2CCCC2)C1. The zero-order valence-corrected chi connectivity index (χ0v) is 31.3. The van der Waals surface area contributed by atoms with Crippen LogP contribution >= 0.6 is 23.2 Å². The maximum atomic E-state index is 13.6. The molecule has 1 saturated heterocycles. The standard InChI is InChI=1S/C38H50Cl2N6O4/c1-24(2)22-45(27-17-18-46(37(48)50-38(3,4)5)33(19-27)36(47)49-28-9-6-7-10-28)23-25-13-15-26(16-14-25)32-21-42-34(41)35(44-32)43-20-29-30(39)11-8-12-31(29)40/h8,11-16,21,24,27-28,33H,6-7,9-10,17-20,22-23H2,1-5H3,(H2,41,42)(H,43,44)/t27?,33-/m1/s1. The van der Waals surface area contributed by atoms with Crippen molar-refractivity contribution in [2.24, 2.45) is 5.92 Å². The van der Waals surface area contributed by atoms with E-state index in [1.807, 2.05) is 32.9 Å². The lowest BCUT2D eigenvalue weighted by atomic mass is 9.94. The van der Waals surface area contributed by atoms with Crippen LogP contribution in [0.3, 0.4) is 0 Å². The third kappa shape index (κ3) is 10.0. The maximum Gasteiger partial charge on any atom is 0.411 e. The van der Waals surface area contributed by atoms with Crippen LogP contribution in [0.25, 0.3) is 11.3 Å². The van der Waals surface area contributed by atoms with Crippen molar-refractivity contribution >= 4 is 46.9 Å². The first-order valence-corrected chi connectivity index (χ1v) is 18.4. The van der Waals surface area contributed by atoms with Gasteiger partial charge in [-0.1, -0.05) is 67.4 Å². The van der Waals surface area contributed by atoms with Gasteiger partial charge in [0.05, 0.1) is 11.9 Å². The van der Waals surface area contributed by atoms with Crippen molar-refractivity contribution < 1.29 is 19.1 Å². The number of rotatable bonds is 11. The summed E-state index contributed by atoms with van der Waals surface area (Å²) in [5.74, 6) is 0.804. The summed E-state index contributed by atoms with van der Waals surface area (Å²) in [6.07, 6.45) is 6.21. The van der Waals surface area contributed by atoms with Crippen molar-refractivity contribution in [1.82, 2.24) is 19.8 Å². The maximum absolute atomic E-state index is 13.6. The Morgan fingerprint density at radius 1 is 1.06 bits per heavy atom. The molecule has 2 aromatic carbocycles. The topological polar surface area (TPSA) is 123 Å². The molecular weight excluding hydrogens is 675 g/mol. The van der Waals surface area contributed by atoms with E-state index in [0.29, 0.717) is 53.5 Å². The fourth-order valence-electron chi connectivity index (χ4n) is 6.66. The van der Waals surface area contributed by atoms with E-state index in [1.54, 1.807) is 29.3 Å². The number of anilines is 2. The van der Waals surface area contributed by atoms with E-state index in [4.69, 9.17) is 43.4 Å². The van der Waals surface area contributed by atoms with Crippen LogP contribution in [-0.4, -0.2) is 68.7 Å². The van der Waals surface area contributed by atoms with Crippen molar-refractivity contribution in [2.45, 2.75) is 110 Å². The van der Waals surface area contributed by atoms with Gasteiger partial charge in [-0.25, -0.2) is 19.6 Å². The second-order valence-corrected chi connectivity index (χ2v) is 15.6. The molecule has 2 fully saturated rings. The average molecular weight is 726 g/mol. The second-order valence-electron chi connectivity index (χ2n) is 14.8. The summed E-state index contributed by atoms with van der Waals surface area (Å²) in [7, 11) is 0. The third-order valence-electron chi connectivity index (χ3n) is 9.11. The minimum atomic E-state index is -0.693. The van der Waals surface area contributed by atoms with Gasteiger partial charge in [0.2, 0.25) is 0 Å². The Morgan fingerprint density at radius 3 is 2.38 bits per heavy atom. The van der Waals surface area contributed by atoms with Crippen LogP contribution < -0.4 is 11.1 Å². The Labute approximate surface area is 306 Å². The number of piperidine rings is 1. The van der Waals surface area contributed by atoms with Crippen molar-refractivity contribution in [2.75, 3.05) is 24.1 Å². The Hall–Kier alpha value is -3.60. The molecule has 3 N–H and O–H groups in total. The van der Waals surface area contributed by atoms with Crippen LogP contribution in [0.5, 0.6) is 0 Å². The highest BCUT2D eigenvalue weighted by atomic mass is 35.5. The van der Waals surface area contributed by atoms with Crippen molar-refractivity contribution in [3.63, 3.8) is 0 Å². The third-order valence-corrected chi connectivity index (χ3v) is 9.81. The lowest BCUT2D eigenvalue weighted by Crippen LogP contribution is -2.56. The Morgan fingerprint density at radius 2 is 1.74 bits per heavy atom. The molecule has 2 atom stereocenters. The molecule has 1 amide bonds. The first kappa shape index (κ1) is 37.7. The largest absolute Gasteiger partial charge is 0.461 e. The molecule has 50 heavy (non-hydrogen) atoms. The first-order chi connectivity index (χ1) is 23.8. The molecule has 1 unspecified atom stereocenters. The van der Waals surface area contributed by atoms with Crippen LogP contribution in [0.2, 0.25) is 10.0 Å². The monoisotopic (exact) mass is 724 g/mol. The highest BCUT2D eigenvalue weighted by molar-refractivity contribution is 6.36. The zero-order chi connectivity index (χ0) is 36.0. The van der Waals surface area contributed by atoms with Crippen molar-refractivity contribution in [3.8, 4) is 11.3 Å². The molecule has 0 spiro atoms. The number of nitrogens with one attached hydrogen (secondary N) is 1. The number of amides is 1. The molecule has 10 nitrogen and oxygen atoms in total. The number of nitrogens with zero attached hydrogens (tertiary/aromatic N) is 4. The number of nitrogen functional groups attached to an aromatic ring is 1. The van der Waals surface area contributed by atoms with Crippen molar-refractivity contribution in [3.05, 3.63) is 69.8 Å². The molecule has 0 bridgehead atoms. The minimum Gasteiger partial charge on any atom is -0.461 e. The van der Waals surface area contributed by atoms with E-state index < -0.39 is 17.7 Å². The van der Waals surface area contributed by atoms with Crippen LogP contribution in [0.4, 0.5) is 16.4 Å². The van der Waals surface area contributed by atoms with Crippen LogP contribution in [0.15, 0.2) is 48.7 Å². The number of ether oxygens (including phenoxy) is 2. The molecule has 5 rings (SSSR count). The van der Waals surface area contributed by atoms with E-state index in [0.717, 1.165) is 55.3 Å². The number of carbonyl (C=O) groups excluding carboxylic acids is 2. The predicted octanol–water partition coefficient (Wildman–Crippen LogP) is 8.36. The quantitative estimate of drug-likeness (QED) is 0.188. The summed E-state index contributed by atoms with van der Waals surface area (Å²) in [5.41, 5.74) is 8.95. The number of carbonyl (C=O) groups is 2. The summed E-state index contributed by atoms with van der Waals surface area (Å²) in [6.45, 7) is 12.2. The van der Waals surface area contributed by atoms with Gasteiger partial charge in [-0.05, 0) is 82.9 Å². The molecule has 12 heteroatoms. The van der Waals surface area contributed by atoms with E-state index in [1.165, 1.54) is 0 Å². The summed E-state index contributed by atoms with van der Waals surface area (Å²) in [5, 5.41) is 4.34. The molecule has 0 radical (unpaired) electrons. The number of likely N-dealkylation sites (tertiary alicyclic amines) is 1. The van der Waals surface area contributed by atoms with E-state index in [-0.39, 0.29) is 23.9 Å². The van der Waals surface area contributed by atoms with E-state index in [9.17, 15) is 9.59 Å². The summed E-state index contributed by atoms with van der Waals surface area (Å²) in [6, 6.07) is 13.0. The normalized spacial score (nSPS) is 18.5. The molecule has 1 aliphatic carbocycles. The van der Waals surface area contributed by atoms with Gasteiger partial charge >= 0.3 is 12.1 Å². The zero-order valence-electron chi connectivity index (χ0n) is 29.8. The second kappa shape index (κ2) is 16.6. The molecule has 3 aromatic rings. The van der Waals surface area contributed by atoms with Gasteiger partial charge < -0.3 is 20.5 Å². The Bertz CT molecular complexity index is 1600. The number of benzene rings is 2. The molecule has 1 saturated carbocycles. The van der Waals surface area contributed by atoms with Crippen LogP contribution in [-0.2, 0) is 27.4 Å². The number of halogens is 2. The molecule has 1 aliphatic heterocycles. The molecule has 270 valence electrons. The van der Waals surface area contributed by atoms with Gasteiger partial charge in [-0.15, -0.1) is 0 Å². The van der Waals surface area contributed by atoms with Gasteiger partial charge in [0.15, 0.2) is 11.6 Å². The van der Waals surface area contributed by atoms with Gasteiger partial charge in [-0.3, -0.25) is 9.80 Å². The number of nitrogens with two attached hydrogens (primary N) is 1. The van der Waals surface area contributed by atoms with Gasteiger partial charge in [0.25, 0.3) is 0 Å². The number of esters is 1. The lowest BCUT2D eigenvalue weighted by Gasteiger charge is -2.43. The number of hydrogen-bond acceptors (Lipinski definition) is 9. The minimum absolute atomic E-state index is 0.0768. The molecule has 2 aliphatic rings. The lowest BCUT2D eigenvalue weighted by molar-refractivity contribution is -0.157. The van der Waals surface area contributed by atoms with Crippen LogP contribution in [0.1, 0.15) is 84.3 Å². The molecular formula is C38H50Cl2N6O4. The molecule has 2 heterocycles. The average Bonchev–Trinajstić information content (AvgIpc) is 3.57. The number of aromatic nitrogens is 2. The fraction of sp³-hybridized carbons (Fsp3) is 0.526. The van der Waals surface area contributed by atoms with Gasteiger partial charge in [-0.2, -0.15) is 0 Å². The highest BCUT2D eigenvalue weighted by Gasteiger charge is 2.42.